The largest absolute Gasteiger partial charge is 0.494 e. The first-order chi connectivity index (χ1) is 11.2. The van der Waals surface area contributed by atoms with Gasteiger partial charge in [-0.1, -0.05) is 30.0 Å². The van der Waals surface area contributed by atoms with E-state index in [1.807, 2.05) is 30.3 Å². The Morgan fingerprint density at radius 3 is 2.61 bits per heavy atom. The summed E-state index contributed by atoms with van der Waals surface area (Å²) in [7, 11) is 0. The van der Waals surface area contributed by atoms with E-state index >= 15 is 0 Å². The Bertz CT molecular complexity index is 537. The molecule has 1 fully saturated rings. The van der Waals surface area contributed by atoms with Crippen LogP contribution in [0.2, 0.25) is 0 Å². The highest BCUT2D eigenvalue weighted by atomic mass is 32.2. The highest BCUT2D eigenvalue weighted by Crippen LogP contribution is 2.17. The fourth-order valence-electron chi connectivity index (χ4n) is 1.92. The molecule has 23 heavy (non-hydrogen) atoms. The van der Waals surface area contributed by atoms with Crippen LogP contribution in [0.5, 0.6) is 5.75 Å². The minimum Gasteiger partial charge on any atom is -0.494 e. The first-order valence-corrected chi connectivity index (χ1v) is 8.32. The number of rotatable bonds is 8. The maximum absolute atomic E-state index is 11.6. The molecule has 1 aliphatic heterocycles. The third-order valence-electron chi connectivity index (χ3n) is 3.08. The van der Waals surface area contributed by atoms with Crippen molar-refractivity contribution >= 4 is 28.9 Å². The molecule has 0 bridgehead atoms. The summed E-state index contributed by atoms with van der Waals surface area (Å²) in [6.07, 6.45) is 0.683. The first-order valence-electron chi connectivity index (χ1n) is 7.33. The van der Waals surface area contributed by atoms with Crippen molar-refractivity contribution in [3.05, 3.63) is 30.3 Å². The van der Waals surface area contributed by atoms with Crippen LogP contribution < -0.4 is 15.4 Å². The van der Waals surface area contributed by atoms with Crippen molar-refractivity contribution < 1.29 is 19.1 Å². The number of nitrogens with one attached hydrogen (secondary N) is 2. The molecule has 2 N–H and O–H groups in total. The maximum Gasteiger partial charge on any atom is 0.314 e. The lowest BCUT2D eigenvalue weighted by Crippen LogP contribution is -2.42. The summed E-state index contributed by atoms with van der Waals surface area (Å²) in [5.74, 6) is 0.780. The van der Waals surface area contributed by atoms with Crippen molar-refractivity contribution in [3.8, 4) is 5.75 Å². The first kappa shape index (κ1) is 17.1. The highest BCUT2D eigenvalue weighted by molar-refractivity contribution is 8.14. The van der Waals surface area contributed by atoms with Crippen LogP contribution >= 0.6 is 11.8 Å². The number of benzene rings is 1. The second-order valence-electron chi connectivity index (χ2n) is 4.80. The van der Waals surface area contributed by atoms with E-state index in [1.165, 1.54) is 0 Å². The van der Waals surface area contributed by atoms with Gasteiger partial charge in [-0.2, -0.15) is 0 Å². The van der Waals surface area contributed by atoms with Gasteiger partial charge in [0, 0.05) is 19.6 Å². The third-order valence-corrected chi connectivity index (χ3v) is 3.94. The number of nitrogens with zero attached hydrogens (tertiary/aromatic N) is 1. The molecule has 1 saturated heterocycles. The number of hydrogen-bond donors (Lipinski definition) is 2. The maximum atomic E-state index is 11.6. The van der Waals surface area contributed by atoms with E-state index in [9.17, 15) is 14.4 Å². The number of hydrogen-bond acceptors (Lipinski definition) is 5. The molecule has 1 aromatic carbocycles. The zero-order valence-electron chi connectivity index (χ0n) is 12.6. The lowest BCUT2D eigenvalue weighted by molar-refractivity contribution is -0.124. The smallest absolute Gasteiger partial charge is 0.314 e. The summed E-state index contributed by atoms with van der Waals surface area (Å²) >= 11 is 0.985. The van der Waals surface area contributed by atoms with Gasteiger partial charge in [0.2, 0.25) is 5.91 Å². The van der Waals surface area contributed by atoms with Crippen LogP contribution in [0.25, 0.3) is 0 Å². The summed E-state index contributed by atoms with van der Waals surface area (Å²) in [6.45, 7) is 1.44. The molecule has 0 aromatic heterocycles. The van der Waals surface area contributed by atoms with Crippen LogP contribution in [0.4, 0.5) is 9.59 Å². The van der Waals surface area contributed by atoms with Gasteiger partial charge in [-0.25, -0.2) is 4.79 Å². The lowest BCUT2D eigenvalue weighted by Gasteiger charge is -2.13. The van der Waals surface area contributed by atoms with E-state index in [2.05, 4.69) is 10.6 Å². The molecule has 1 heterocycles. The van der Waals surface area contributed by atoms with E-state index in [1.54, 1.807) is 0 Å². The topological polar surface area (TPSA) is 87.7 Å². The third kappa shape index (κ3) is 5.82. The van der Waals surface area contributed by atoms with Gasteiger partial charge in [0.15, 0.2) is 0 Å². The molecule has 0 atom stereocenters. The van der Waals surface area contributed by atoms with Gasteiger partial charge in [0.1, 0.15) is 5.75 Å². The van der Waals surface area contributed by atoms with E-state index in [0.717, 1.165) is 22.4 Å². The molecule has 1 aliphatic rings. The van der Waals surface area contributed by atoms with Gasteiger partial charge in [-0.3, -0.25) is 14.5 Å². The Labute approximate surface area is 138 Å². The predicted octanol–water partition coefficient (Wildman–Crippen LogP) is 1.45. The highest BCUT2D eigenvalue weighted by Gasteiger charge is 2.29. The predicted molar refractivity (Wildman–Crippen MR) is 87.5 cm³/mol. The van der Waals surface area contributed by atoms with Crippen LogP contribution in [-0.2, 0) is 4.79 Å². The van der Waals surface area contributed by atoms with Crippen molar-refractivity contribution in [2.24, 2.45) is 0 Å². The summed E-state index contributed by atoms with van der Waals surface area (Å²) < 4.78 is 5.50. The minimum absolute atomic E-state index is 0.187. The molecular weight excluding hydrogens is 318 g/mol. The minimum atomic E-state index is -0.323. The number of urea groups is 1. The number of thioether (sulfide) groups is 1. The zero-order valence-corrected chi connectivity index (χ0v) is 13.4. The van der Waals surface area contributed by atoms with Gasteiger partial charge in [-0.05, 0) is 18.6 Å². The van der Waals surface area contributed by atoms with Crippen molar-refractivity contribution in [3.63, 3.8) is 0 Å². The molecule has 0 aliphatic carbocycles. The van der Waals surface area contributed by atoms with E-state index in [-0.39, 0.29) is 36.0 Å². The molecule has 7 nitrogen and oxygen atoms in total. The van der Waals surface area contributed by atoms with Crippen LogP contribution in [0.3, 0.4) is 0 Å². The fourth-order valence-corrected chi connectivity index (χ4v) is 2.67. The summed E-state index contributed by atoms with van der Waals surface area (Å²) in [6, 6.07) is 9.14. The lowest BCUT2D eigenvalue weighted by atomic mass is 10.3. The van der Waals surface area contributed by atoms with Gasteiger partial charge < -0.3 is 15.4 Å². The number of imide groups is 1. The normalized spacial score (nSPS) is 14.0. The van der Waals surface area contributed by atoms with Gasteiger partial charge in [-0.15, -0.1) is 0 Å². The van der Waals surface area contributed by atoms with Crippen molar-refractivity contribution in [2.45, 2.75) is 6.42 Å². The summed E-state index contributed by atoms with van der Waals surface area (Å²) in [5, 5.41) is 5.05. The fraction of sp³-hybridized carbons (Fsp3) is 0.400. The second kappa shape index (κ2) is 9.04. The number of ether oxygens (including phenoxy) is 1. The van der Waals surface area contributed by atoms with Crippen LogP contribution in [0.1, 0.15) is 6.42 Å². The number of carbonyl (C=O) groups is 3. The van der Waals surface area contributed by atoms with Crippen molar-refractivity contribution in [2.75, 3.05) is 32.0 Å². The van der Waals surface area contributed by atoms with Crippen molar-refractivity contribution in [1.29, 1.82) is 0 Å². The summed E-state index contributed by atoms with van der Waals surface area (Å²) in [5.41, 5.74) is 0. The molecule has 0 unspecified atom stereocenters. The molecule has 8 heteroatoms. The quantitative estimate of drug-likeness (QED) is 0.701. The van der Waals surface area contributed by atoms with Gasteiger partial charge in [0.25, 0.3) is 5.24 Å². The zero-order chi connectivity index (χ0) is 16.5. The van der Waals surface area contributed by atoms with Crippen LogP contribution in [0, 0.1) is 0 Å². The van der Waals surface area contributed by atoms with E-state index < -0.39 is 0 Å². The Balaban J connectivity index is 1.50. The number of amides is 4. The van der Waals surface area contributed by atoms with Crippen LogP contribution in [0.15, 0.2) is 30.3 Å². The molecule has 1 aromatic rings. The van der Waals surface area contributed by atoms with Crippen molar-refractivity contribution in [1.82, 2.24) is 15.5 Å². The SMILES string of the molecule is O=C(NCCCOc1ccccc1)NCCN1C(=O)CSC1=O. The monoisotopic (exact) mass is 337 g/mol. The number of para-hydroxylation sites is 1. The molecule has 0 saturated carbocycles. The van der Waals surface area contributed by atoms with E-state index in [0.29, 0.717) is 19.6 Å². The number of carbonyl (C=O) groups excluding carboxylic acids is 3. The Morgan fingerprint density at radius 1 is 1.17 bits per heavy atom. The van der Waals surface area contributed by atoms with Crippen LogP contribution in [-0.4, -0.2) is 54.1 Å². The Hall–Kier alpha value is -2.22. The second-order valence-corrected chi connectivity index (χ2v) is 5.72. The van der Waals surface area contributed by atoms with Gasteiger partial charge in [0.05, 0.1) is 12.4 Å². The molecule has 0 radical (unpaired) electrons. The Kier molecular flexibility index (Phi) is 6.74. The summed E-state index contributed by atoms with van der Waals surface area (Å²) in [4.78, 5) is 35.4. The average molecular weight is 337 g/mol. The average Bonchev–Trinajstić information content (AvgIpc) is 2.87. The molecule has 4 amide bonds. The molecule has 124 valence electrons. The van der Waals surface area contributed by atoms with E-state index in [4.69, 9.17) is 4.74 Å². The van der Waals surface area contributed by atoms with Gasteiger partial charge >= 0.3 is 6.03 Å². The molecule has 0 spiro atoms. The standard InChI is InChI=1S/C15H19N3O4S/c19-13-11-23-15(21)18(13)9-8-17-14(20)16-7-4-10-22-12-5-2-1-3-6-12/h1-3,5-6H,4,7-11H2,(H2,16,17,20). The molecule has 2 rings (SSSR count). The Morgan fingerprint density at radius 2 is 1.91 bits per heavy atom. The molecular formula is C15H19N3O4S.